The van der Waals surface area contributed by atoms with Gasteiger partial charge in [0.25, 0.3) is 0 Å². The van der Waals surface area contributed by atoms with Gasteiger partial charge in [-0.05, 0) is 37.3 Å². The first-order valence-corrected chi connectivity index (χ1v) is 10.4. The van der Waals surface area contributed by atoms with Crippen LogP contribution >= 0.6 is 11.8 Å². The number of pyridine rings is 1. The van der Waals surface area contributed by atoms with E-state index < -0.39 is 15.7 Å². The zero-order valence-electron chi connectivity index (χ0n) is 13.9. The first-order chi connectivity index (χ1) is 12.3. The zero-order chi connectivity index (χ0) is 18.7. The average Bonchev–Trinajstić information content (AvgIpc) is 2.61. The van der Waals surface area contributed by atoms with Crippen molar-refractivity contribution in [1.82, 2.24) is 4.98 Å². The molecule has 2 amide bonds. The lowest BCUT2D eigenvalue weighted by molar-refractivity contribution is -0.116. The molecule has 1 aliphatic heterocycles. The van der Waals surface area contributed by atoms with Gasteiger partial charge in [-0.25, -0.2) is 8.42 Å². The minimum absolute atomic E-state index is 0.0841. The molecule has 0 aliphatic carbocycles. The largest absolute Gasteiger partial charge is 0.325 e. The SMILES string of the molecule is C[C@@H]1Sc2ccc(S(=O)(=O)CCC(=O)Nc3cccnc3)cc2NC1=O. The molecule has 0 saturated carbocycles. The number of benzene rings is 1. The Morgan fingerprint density at radius 2 is 2.15 bits per heavy atom. The van der Waals surface area contributed by atoms with Crippen molar-refractivity contribution in [2.75, 3.05) is 16.4 Å². The molecule has 1 aromatic heterocycles. The summed E-state index contributed by atoms with van der Waals surface area (Å²) >= 11 is 1.38. The maximum absolute atomic E-state index is 12.5. The van der Waals surface area contributed by atoms with E-state index in [0.29, 0.717) is 11.4 Å². The molecule has 0 radical (unpaired) electrons. The highest BCUT2D eigenvalue weighted by Gasteiger charge is 2.25. The summed E-state index contributed by atoms with van der Waals surface area (Å²) in [5.74, 6) is -0.889. The van der Waals surface area contributed by atoms with Crippen LogP contribution in [-0.2, 0) is 19.4 Å². The second kappa shape index (κ2) is 7.46. The predicted octanol–water partition coefficient (Wildman–Crippen LogP) is 2.32. The number of hydrogen-bond donors (Lipinski definition) is 2. The molecule has 3 rings (SSSR count). The van der Waals surface area contributed by atoms with Crippen LogP contribution < -0.4 is 10.6 Å². The molecule has 0 spiro atoms. The van der Waals surface area contributed by atoms with Crippen molar-refractivity contribution in [2.45, 2.75) is 28.4 Å². The summed E-state index contributed by atoms with van der Waals surface area (Å²) in [5.41, 5.74) is 0.997. The molecule has 7 nitrogen and oxygen atoms in total. The molecule has 0 unspecified atom stereocenters. The molecule has 26 heavy (non-hydrogen) atoms. The van der Waals surface area contributed by atoms with E-state index in [1.807, 2.05) is 0 Å². The highest BCUT2D eigenvalue weighted by atomic mass is 32.2. The van der Waals surface area contributed by atoms with Crippen LogP contribution in [0.4, 0.5) is 11.4 Å². The van der Waals surface area contributed by atoms with Crippen molar-refractivity contribution in [2.24, 2.45) is 0 Å². The number of anilines is 2. The molecule has 136 valence electrons. The van der Waals surface area contributed by atoms with E-state index in [1.54, 1.807) is 31.3 Å². The zero-order valence-corrected chi connectivity index (χ0v) is 15.6. The highest BCUT2D eigenvalue weighted by molar-refractivity contribution is 8.01. The first kappa shape index (κ1) is 18.4. The van der Waals surface area contributed by atoms with Gasteiger partial charge in [0.2, 0.25) is 11.8 Å². The predicted molar refractivity (Wildman–Crippen MR) is 99.9 cm³/mol. The van der Waals surface area contributed by atoms with Gasteiger partial charge in [0.1, 0.15) is 0 Å². The van der Waals surface area contributed by atoms with Crippen LogP contribution in [0.5, 0.6) is 0 Å². The minimum atomic E-state index is -3.65. The number of amides is 2. The lowest BCUT2D eigenvalue weighted by Gasteiger charge is -2.21. The normalized spacial score (nSPS) is 16.5. The molecule has 2 heterocycles. The Hall–Kier alpha value is -2.39. The van der Waals surface area contributed by atoms with E-state index in [9.17, 15) is 18.0 Å². The van der Waals surface area contributed by atoms with Gasteiger partial charge in [-0.1, -0.05) is 0 Å². The van der Waals surface area contributed by atoms with Gasteiger partial charge in [0.15, 0.2) is 9.84 Å². The molecule has 2 N–H and O–H groups in total. The number of carbonyl (C=O) groups excluding carboxylic acids is 2. The summed E-state index contributed by atoms with van der Waals surface area (Å²) in [6, 6.07) is 7.97. The molecular weight excluding hydrogens is 374 g/mol. The van der Waals surface area contributed by atoms with Gasteiger partial charge in [-0.15, -0.1) is 11.8 Å². The van der Waals surface area contributed by atoms with E-state index in [-0.39, 0.29) is 28.2 Å². The molecule has 2 aromatic rings. The van der Waals surface area contributed by atoms with Crippen LogP contribution in [0.1, 0.15) is 13.3 Å². The number of nitrogens with one attached hydrogen (secondary N) is 2. The van der Waals surface area contributed by atoms with Crippen LogP contribution in [-0.4, -0.2) is 36.2 Å². The van der Waals surface area contributed by atoms with Crippen molar-refractivity contribution < 1.29 is 18.0 Å². The van der Waals surface area contributed by atoms with E-state index in [4.69, 9.17) is 0 Å². The van der Waals surface area contributed by atoms with Gasteiger partial charge >= 0.3 is 0 Å². The number of fused-ring (bicyclic) bond motifs is 1. The fraction of sp³-hybridized carbons (Fsp3) is 0.235. The Morgan fingerprint density at radius 3 is 2.88 bits per heavy atom. The van der Waals surface area contributed by atoms with Crippen LogP contribution in [0.25, 0.3) is 0 Å². The Labute approximate surface area is 155 Å². The molecule has 0 saturated heterocycles. The topological polar surface area (TPSA) is 105 Å². The maximum Gasteiger partial charge on any atom is 0.237 e. The van der Waals surface area contributed by atoms with Gasteiger partial charge in [0, 0.05) is 17.5 Å². The van der Waals surface area contributed by atoms with E-state index in [0.717, 1.165) is 4.90 Å². The number of thioether (sulfide) groups is 1. The average molecular weight is 391 g/mol. The molecule has 1 aliphatic rings. The molecular formula is C17H17N3O4S2. The maximum atomic E-state index is 12.5. The van der Waals surface area contributed by atoms with Gasteiger partial charge in [-0.3, -0.25) is 14.6 Å². The number of aromatic nitrogens is 1. The van der Waals surface area contributed by atoms with Gasteiger partial charge in [-0.2, -0.15) is 0 Å². The highest BCUT2D eigenvalue weighted by Crippen LogP contribution is 2.36. The summed E-state index contributed by atoms with van der Waals surface area (Å²) in [6.45, 7) is 1.79. The third kappa shape index (κ3) is 4.23. The van der Waals surface area contributed by atoms with E-state index >= 15 is 0 Å². The molecule has 0 bridgehead atoms. The van der Waals surface area contributed by atoms with E-state index in [2.05, 4.69) is 15.6 Å². The third-order valence-electron chi connectivity index (χ3n) is 3.78. The van der Waals surface area contributed by atoms with Crippen LogP contribution in [0.15, 0.2) is 52.5 Å². The van der Waals surface area contributed by atoms with Crippen LogP contribution in [0.3, 0.4) is 0 Å². The molecule has 1 atom stereocenters. The first-order valence-electron chi connectivity index (χ1n) is 7.89. The summed E-state index contributed by atoms with van der Waals surface area (Å²) in [7, 11) is -3.65. The summed E-state index contributed by atoms with van der Waals surface area (Å²) in [4.78, 5) is 28.5. The Morgan fingerprint density at radius 1 is 1.35 bits per heavy atom. The second-order valence-corrected chi connectivity index (χ2v) is 9.26. The number of rotatable bonds is 5. The van der Waals surface area contributed by atoms with Crippen molar-refractivity contribution in [1.29, 1.82) is 0 Å². The standard InChI is InChI=1S/C17H17N3O4S2/c1-11-17(22)20-14-9-13(4-5-15(14)25-11)26(23,24)8-6-16(21)19-12-3-2-7-18-10-12/h2-5,7,9-11H,6,8H2,1H3,(H,19,21)(H,20,22)/t11-/m0/s1. The molecule has 0 fully saturated rings. The van der Waals surface area contributed by atoms with Crippen molar-refractivity contribution in [3.63, 3.8) is 0 Å². The lowest BCUT2D eigenvalue weighted by Crippen LogP contribution is -2.26. The smallest absolute Gasteiger partial charge is 0.237 e. The fourth-order valence-electron chi connectivity index (χ4n) is 2.39. The Kier molecular flexibility index (Phi) is 5.28. The third-order valence-corrected chi connectivity index (χ3v) is 6.68. The van der Waals surface area contributed by atoms with Crippen LogP contribution in [0, 0.1) is 0 Å². The van der Waals surface area contributed by atoms with Crippen LogP contribution in [0.2, 0.25) is 0 Å². The molecule has 1 aromatic carbocycles. The quantitative estimate of drug-likeness (QED) is 0.810. The van der Waals surface area contributed by atoms with E-state index in [1.165, 1.54) is 30.1 Å². The van der Waals surface area contributed by atoms with Crippen molar-refractivity contribution in [3.8, 4) is 0 Å². The summed E-state index contributed by atoms with van der Waals surface area (Å²) in [6.07, 6.45) is 2.89. The lowest BCUT2D eigenvalue weighted by atomic mass is 10.3. The van der Waals surface area contributed by atoms with Crippen molar-refractivity contribution >= 4 is 44.8 Å². The van der Waals surface area contributed by atoms with Crippen molar-refractivity contribution in [3.05, 3.63) is 42.7 Å². The summed E-state index contributed by atoms with van der Waals surface area (Å²) in [5, 5.41) is 5.09. The number of sulfone groups is 1. The monoisotopic (exact) mass is 391 g/mol. The Balaban J connectivity index is 1.68. The second-order valence-electron chi connectivity index (χ2n) is 5.77. The minimum Gasteiger partial charge on any atom is -0.325 e. The Bertz CT molecular complexity index is 946. The van der Waals surface area contributed by atoms with Gasteiger partial charge in [0.05, 0.1) is 33.5 Å². The number of nitrogens with zero attached hydrogens (tertiary/aromatic N) is 1. The number of carbonyl (C=O) groups is 2. The van der Waals surface area contributed by atoms with Gasteiger partial charge < -0.3 is 10.6 Å². The number of hydrogen-bond acceptors (Lipinski definition) is 6. The summed E-state index contributed by atoms with van der Waals surface area (Å²) < 4.78 is 25.0. The molecule has 9 heteroatoms. The fourth-order valence-corrected chi connectivity index (χ4v) is 4.58.